The van der Waals surface area contributed by atoms with Gasteiger partial charge >= 0.3 is 0 Å². The second-order valence-corrected chi connectivity index (χ2v) is 4.76. The smallest absolute Gasteiger partial charge is 0.00770 e. The van der Waals surface area contributed by atoms with Crippen LogP contribution in [0.3, 0.4) is 0 Å². The van der Waals surface area contributed by atoms with Gasteiger partial charge in [0.05, 0.1) is 0 Å². The molecule has 1 heteroatoms. The van der Waals surface area contributed by atoms with Crippen LogP contribution in [0.25, 0.3) is 0 Å². The van der Waals surface area contributed by atoms with Crippen molar-refractivity contribution in [3.63, 3.8) is 0 Å². The van der Waals surface area contributed by atoms with E-state index < -0.39 is 0 Å². The summed E-state index contributed by atoms with van der Waals surface area (Å²) in [6.45, 7) is 0. The summed E-state index contributed by atoms with van der Waals surface area (Å²) in [4.78, 5) is 0. The predicted molar refractivity (Wildman–Crippen MR) is 58.2 cm³/mol. The summed E-state index contributed by atoms with van der Waals surface area (Å²) >= 11 is 0. The minimum atomic E-state index is 0.492. The van der Waals surface area contributed by atoms with E-state index in [0.29, 0.717) is 6.04 Å². The summed E-state index contributed by atoms with van der Waals surface area (Å²) in [6, 6.07) is 9.42. The van der Waals surface area contributed by atoms with Gasteiger partial charge in [-0.2, -0.15) is 0 Å². The zero-order chi connectivity index (χ0) is 9.54. The molecule has 0 spiro atoms. The Bertz CT molecular complexity index is 345. The zero-order valence-corrected chi connectivity index (χ0v) is 8.45. The van der Waals surface area contributed by atoms with Crippen LogP contribution in [-0.4, -0.2) is 6.04 Å². The highest BCUT2D eigenvalue weighted by molar-refractivity contribution is 5.34. The van der Waals surface area contributed by atoms with E-state index in [0.717, 1.165) is 11.8 Å². The molecule has 3 rings (SSSR count). The maximum atomic E-state index is 5.95. The van der Waals surface area contributed by atoms with Crippen LogP contribution in [0, 0.1) is 5.92 Å². The summed E-state index contributed by atoms with van der Waals surface area (Å²) in [5, 5.41) is 0. The quantitative estimate of drug-likeness (QED) is 0.718. The molecule has 2 aliphatic carbocycles. The van der Waals surface area contributed by atoms with Crippen LogP contribution in [0.1, 0.15) is 36.3 Å². The molecule has 0 heterocycles. The largest absolute Gasteiger partial charge is 0.327 e. The lowest BCUT2D eigenvalue weighted by atomic mass is 9.80. The average molecular weight is 187 g/mol. The molecule has 2 N–H and O–H groups in total. The molecule has 0 aromatic heterocycles. The van der Waals surface area contributed by atoms with E-state index in [9.17, 15) is 0 Å². The molecular weight excluding hydrogens is 170 g/mol. The second-order valence-electron chi connectivity index (χ2n) is 4.76. The van der Waals surface area contributed by atoms with Crippen molar-refractivity contribution in [2.75, 3.05) is 0 Å². The van der Waals surface area contributed by atoms with Crippen molar-refractivity contribution in [3.05, 3.63) is 35.4 Å². The molecule has 3 atom stereocenters. The van der Waals surface area contributed by atoms with Crippen molar-refractivity contribution in [3.8, 4) is 0 Å². The minimum absolute atomic E-state index is 0.492. The molecule has 14 heavy (non-hydrogen) atoms. The maximum Gasteiger partial charge on any atom is 0.00770 e. The third kappa shape index (κ3) is 1.27. The van der Waals surface area contributed by atoms with Crippen molar-refractivity contribution >= 4 is 0 Å². The number of rotatable bonds is 1. The molecule has 1 fully saturated rings. The van der Waals surface area contributed by atoms with E-state index in [2.05, 4.69) is 24.3 Å². The van der Waals surface area contributed by atoms with Crippen molar-refractivity contribution < 1.29 is 0 Å². The van der Waals surface area contributed by atoms with Crippen LogP contribution in [0.15, 0.2) is 24.3 Å². The number of fused-ring (bicyclic) bond motifs is 1. The number of hydrogen-bond acceptors (Lipinski definition) is 1. The first-order valence-electron chi connectivity index (χ1n) is 5.69. The molecule has 1 aromatic rings. The van der Waals surface area contributed by atoms with Gasteiger partial charge in [-0.3, -0.25) is 0 Å². The summed E-state index contributed by atoms with van der Waals surface area (Å²) in [5.74, 6) is 1.56. The third-order valence-corrected chi connectivity index (χ3v) is 3.82. The molecule has 1 nitrogen and oxygen atoms in total. The van der Waals surface area contributed by atoms with E-state index in [4.69, 9.17) is 5.73 Å². The lowest BCUT2D eigenvalue weighted by molar-refractivity contribution is 0.495. The van der Waals surface area contributed by atoms with Gasteiger partial charge in [-0.25, -0.2) is 0 Å². The number of nitrogens with two attached hydrogens (primary N) is 1. The Kier molecular flexibility index (Phi) is 1.88. The standard InChI is InChI=1S/C13H17N/c14-13-8-12(13)11-7-3-5-9-4-1-2-6-10(9)11/h1-2,4,6,11-13H,3,5,7-8,14H2/t11?,12-,13+/m0/s1. The first-order valence-corrected chi connectivity index (χ1v) is 5.69. The first-order chi connectivity index (χ1) is 6.86. The average Bonchev–Trinajstić information content (AvgIpc) is 2.95. The van der Waals surface area contributed by atoms with Crippen LogP contribution < -0.4 is 5.73 Å². The topological polar surface area (TPSA) is 26.0 Å². The van der Waals surface area contributed by atoms with Crippen molar-refractivity contribution in [1.82, 2.24) is 0 Å². The van der Waals surface area contributed by atoms with Crippen molar-refractivity contribution in [2.24, 2.45) is 11.7 Å². The van der Waals surface area contributed by atoms with Crippen molar-refractivity contribution in [2.45, 2.75) is 37.6 Å². The van der Waals surface area contributed by atoms with Gasteiger partial charge in [-0.15, -0.1) is 0 Å². The molecule has 74 valence electrons. The SMILES string of the molecule is N[C@@H]1C[C@H]1C1CCCc2ccccc21. The van der Waals surface area contributed by atoms with Gasteiger partial charge in [-0.1, -0.05) is 24.3 Å². The molecule has 2 aliphatic rings. The highest BCUT2D eigenvalue weighted by Crippen LogP contribution is 2.47. The van der Waals surface area contributed by atoms with E-state index in [1.54, 1.807) is 11.1 Å². The van der Waals surface area contributed by atoms with E-state index in [1.165, 1.54) is 25.7 Å². The van der Waals surface area contributed by atoms with E-state index >= 15 is 0 Å². The van der Waals surface area contributed by atoms with Gasteiger partial charge in [0.2, 0.25) is 0 Å². The summed E-state index contributed by atoms with van der Waals surface area (Å²) < 4.78 is 0. The summed E-state index contributed by atoms with van der Waals surface area (Å²) in [5.41, 5.74) is 9.12. The number of aryl methyl sites for hydroxylation is 1. The maximum absolute atomic E-state index is 5.95. The molecule has 1 saturated carbocycles. The molecular formula is C13H17N. The van der Waals surface area contributed by atoms with Gasteiger partial charge in [0.25, 0.3) is 0 Å². The lowest BCUT2D eigenvalue weighted by Gasteiger charge is -2.25. The summed E-state index contributed by atoms with van der Waals surface area (Å²) in [7, 11) is 0. The highest BCUT2D eigenvalue weighted by Gasteiger charge is 2.41. The van der Waals surface area contributed by atoms with Gasteiger partial charge < -0.3 is 5.73 Å². The Hall–Kier alpha value is -0.820. The Morgan fingerprint density at radius 3 is 2.79 bits per heavy atom. The predicted octanol–water partition coefficient (Wildman–Crippen LogP) is 2.45. The Morgan fingerprint density at radius 1 is 1.21 bits per heavy atom. The second kappa shape index (κ2) is 3.09. The summed E-state index contributed by atoms with van der Waals surface area (Å²) in [6.07, 6.45) is 5.23. The van der Waals surface area contributed by atoms with Gasteiger partial charge in [0.15, 0.2) is 0 Å². The van der Waals surface area contributed by atoms with Crippen LogP contribution in [-0.2, 0) is 6.42 Å². The van der Waals surface area contributed by atoms with Crippen LogP contribution in [0.2, 0.25) is 0 Å². The molecule has 0 bridgehead atoms. The van der Waals surface area contributed by atoms with Gasteiger partial charge in [0.1, 0.15) is 0 Å². The van der Waals surface area contributed by atoms with Gasteiger partial charge in [-0.05, 0) is 48.6 Å². The molecule has 1 aromatic carbocycles. The van der Waals surface area contributed by atoms with Crippen LogP contribution in [0.4, 0.5) is 0 Å². The van der Waals surface area contributed by atoms with E-state index in [1.807, 2.05) is 0 Å². The third-order valence-electron chi connectivity index (χ3n) is 3.82. The lowest BCUT2D eigenvalue weighted by Crippen LogP contribution is -2.15. The first kappa shape index (κ1) is 8.49. The molecule has 0 radical (unpaired) electrons. The Balaban J connectivity index is 1.95. The van der Waals surface area contributed by atoms with Crippen LogP contribution >= 0.6 is 0 Å². The Labute approximate surface area is 85.3 Å². The van der Waals surface area contributed by atoms with Crippen LogP contribution in [0.5, 0.6) is 0 Å². The molecule has 0 aliphatic heterocycles. The molecule has 0 amide bonds. The number of hydrogen-bond donors (Lipinski definition) is 1. The fourth-order valence-electron chi connectivity index (χ4n) is 2.93. The van der Waals surface area contributed by atoms with Crippen molar-refractivity contribution in [1.29, 1.82) is 0 Å². The van der Waals surface area contributed by atoms with Gasteiger partial charge in [0, 0.05) is 6.04 Å². The fourth-order valence-corrected chi connectivity index (χ4v) is 2.93. The zero-order valence-electron chi connectivity index (χ0n) is 8.45. The number of benzene rings is 1. The molecule has 1 unspecified atom stereocenters. The Morgan fingerprint density at radius 2 is 2.00 bits per heavy atom. The normalized spacial score (nSPS) is 35.1. The minimum Gasteiger partial charge on any atom is -0.327 e. The van der Waals surface area contributed by atoms with E-state index in [-0.39, 0.29) is 0 Å². The monoisotopic (exact) mass is 187 g/mol. The highest BCUT2D eigenvalue weighted by atomic mass is 14.8. The fraction of sp³-hybridized carbons (Fsp3) is 0.538. The molecule has 0 saturated heterocycles.